The van der Waals surface area contributed by atoms with E-state index in [-0.39, 0.29) is 0 Å². The largest absolute Gasteiger partial charge is 0.494 e. The van der Waals surface area contributed by atoms with Crippen molar-refractivity contribution in [3.8, 4) is 68.5 Å². The summed E-state index contributed by atoms with van der Waals surface area (Å²) in [6, 6.07) is 52.2. The van der Waals surface area contributed by atoms with Gasteiger partial charge in [0.25, 0.3) is 0 Å². The Hall–Kier alpha value is -6.50. The molecule has 54 heavy (non-hydrogen) atoms. The Bertz CT molecular complexity index is 1940. The van der Waals surface area contributed by atoms with Gasteiger partial charge >= 0.3 is 0 Å². The Morgan fingerprint density at radius 3 is 0.685 bits per heavy atom. The summed E-state index contributed by atoms with van der Waals surface area (Å²) in [6.45, 7) is 2.69. The van der Waals surface area contributed by atoms with Gasteiger partial charge in [-0.3, -0.25) is 0 Å². The first kappa shape index (κ1) is 37.3. The van der Waals surface area contributed by atoms with Crippen LogP contribution in [0.4, 0.5) is 0 Å². The van der Waals surface area contributed by atoms with Gasteiger partial charge in [0.2, 0.25) is 0 Å². The lowest BCUT2D eigenvalue weighted by atomic mass is 10.0. The van der Waals surface area contributed by atoms with Crippen LogP contribution in [0.2, 0.25) is 0 Å². The Kier molecular flexibility index (Phi) is 13.8. The van der Waals surface area contributed by atoms with Crippen molar-refractivity contribution in [2.75, 3.05) is 26.4 Å². The maximum absolute atomic E-state index is 8.98. The van der Waals surface area contributed by atoms with Gasteiger partial charge in [0.1, 0.15) is 23.0 Å². The third-order valence-corrected chi connectivity index (χ3v) is 9.10. The number of hydrogen-bond donors (Lipinski definition) is 0. The van der Waals surface area contributed by atoms with E-state index in [2.05, 4.69) is 36.4 Å². The second kappa shape index (κ2) is 19.9. The molecule has 0 saturated carbocycles. The summed E-state index contributed by atoms with van der Waals surface area (Å²) in [5.74, 6) is 3.47. The van der Waals surface area contributed by atoms with Crippen molar-refractivity contribution in [3.05, 3.63) is 157 Å². The minimum absolute atomic E-state index is 0.662. The van der Waals surface area contributed by atoms with Crippen LogP contribution < -0.4 is 18.9 Å². The lowest BCUT2D eigenvalue weighted by Crippen LogP contribution is -2.01. The van der Waals surface area contributed by atoms with E-state index in [1.54, 1.807) is 0 Å². The topological polar surface area (TPSA) is 84.5 Å². The Morgan fingerprint density at radius 1 is 0.278 bits per heavy atom. The van der Waals surface area contributed by atoms with Gasteiger partial charge in [-0.2, -0.15) is 10.5 Å². The maximum atomic E-state index is 8.98. The summed E-state index contributed by atoms with van der Waals surface area (Å²) in [4.78, 5) is 0. The number of ether oxygens (including phenoxy) is 4. The smallest absolute Gasteiger partial charge is 0.119 e. The van der Waals surface area contributed by atoms with Gasteiger partial charge in [0, 0.05) is 0 Å². The van der Waals surface area contributed by atoms with Crippen LogP contribution in [-0.2, 0) is 0 Å². The second-order valence-electron chi connectivity index (χ2n) is 13.0. The van der Waals surface area contributed by atoms with Gasteiger partial charge in [0.05, 0.1) is 49.7 Å². The minimum atomic E-state index is 0.662. The molecule has 0 aliphatic rings. The second-order valence-corrected chi connectivity index (χ2v) is 13.0. The van der Waals surface area contributed by atoms with E-state index in [1.165, 1.54) is 0 Å². The fourth-order valence-corrected chi connectivity index (χ4v) is 5.97. The van der Waals surface area contributed by atoms with E-state index in [0.29, 0.717) is 37.6 Å². The quantitative estimate of drug-likeness (QED) is 0.0777. The normalized spacial score (nSPS) is 10.6. The van der Waals surface area contributed by atoms with Gasteiger partial charge in [0.15, 0.2) is 0 Å². The van der Waals surface area contributed by atoms with Crippen LogP contribution in [-0.4, -0.2) is 26.4 Å². The molecule has 0 N–H and O–H groups in total. The highest BCUT2D eigenvalue weighted by Gasteiger charge is 2.04. The van der Waals surface area contributed by atoms with Crippen LogP contribution in [0.3, 0.4) is 0 Å². The maximum Gasteiger partial charge on any atom is 0.119 e. The molecule has 270 valence electrons. The molecule has 0 radical (unpaired) electrons. The first-order valence-corrected chi connectivity index (χ1v) is 18.6. The molecular weight excluding hydrogens is 669 g/mol. The number of benzene rings is 6. The molecular formula is C48H44N2O4. The first-order valence-electron chi connectivity index (χ1n) is 18.6. The molecule has 0 bridgehead atoms. The van der Waals surface area contributed by atoms with Crippen LogP contribution in [0.5, 0.6) is 23.0 Å². The third-order valence-electron chi connectivity index (χ3n) is 9.10. The molecule has 6 aromatic rings. The number of unbranched alkanes of at least 4 members (excludes halogenated alkanes) is 4. The van der Waals surface area contributed by atoms with E-state index >= 15 is 0 Å². The SMILES string of the molecule is N#Cc1ccc(-c2ccc(OCCCCCOc3ccc(-c4ccc(OCCCCCOc5ccc(-c6ccc(C#N)cc6)cc5)cc4)cc3)cc2)cc1. The number of hydrogen-bond acceptors (Lipinski definition) is 6. The zero-order valence-electron chi connectivity index (χ0n) is 30.5. The van der Waals surface area contributed by atoms with Crippen LogP contribution >= 0.6 is 0 Å². The van der Waals surface area contributed by atoms with Crippen molar-refractivity contribution in [2.45, 2.75) is 38.5 Å². The summed E-state index contributed by atoms with van der Waals surface area (Å²) in [6.07, 6.45) is 5.93. The van der Waals surface area contributed by atoms with Gasteiger partial charge in [-0.1, -0.05) is 72.8 Å². The molecule has 0 aliphatic carbocycles. The van der Waals surface area contributed by atoms with Crippen LogP contribution in [0, 0.1) is 22.7 Å². The lowest BCUT2D eigenvalue weighted by molar-refractivity contribution is 0.279. The molecule has 0 unspecified atom stereocenters. The van der Waals surface area contributed by atoms with E-state index in [1.807, 2.05) is 121 Å². The Labute approximate surface area is 318 Å². The molecule has 6 nitrogen and oxygen atoms in total. The molecule has 0 amide bonds. The van der Waals surface area contributed by atoms with Crippen molar-refractivity contribution < 1.29 is 18.9 Å². The van der Waals surface area contributed by atoms with Gasteiger partial charge in [-0.15, -0.1) is 0 Å². The minimum Gasteiger partial charge on any atom is -0.494 e. The van der Waals surface area contributed by atoms with Gasteiger partial charge in [-0.05, 0) is 145 Å². The summed E-state index contributed by atoms with van der Waals surface area (Å²) < 4.78 is 23.8. The van der Waals surface area contributed by atoms with Crippen molar-refractivity contribution in [1.29, 1.82) is 10.5 Å². The van der Waals surface area contributed by atoms with Crippen LogP contribution in [0.25, 0.3) is 33.4 Å². The van der Waals surface area contributed by atoms with E-state index < -0.39 is 0 Å². The molecule has 0 aliphatic heterocycles. The average molecular weight is 713 g/mol. The van der Waals surface area contributed by atoms with E-state index in [0.717, 1.165) is 94.9 Å². The van der Waals surface area contributed by atoms with Crippen LogP contribution in [0.1, 0.15) is 49.7 Å². The summed E-state index contributed by atoms with van der Waals surface area (Å²) >= 11 is 0. The van der Waals surface area contributed by atoms with Crippen molar-refractivity contribution in [3.63, 3.8) is 0 Å². The average Bonchev–Trinajstić information content (AvgIpc) is 3.24. The summed E-state index contributed by atoms with van der Waals surface area (Å²) in [5, 5.41) is 18.0. The molecule has 6 aromatic carbocycles. The predicted molar refractivity (Wildman–Crippen MR) is 215 cm³/mol. The standard InChI is InChI=1S/C48H44N2O4/c49-35-37-7-11-39(12-8-37)41-15-23-45(24-16-41)51-31-3-1-5-33-53-47-27-19-43(20-28-47)44-21-29-48(30-22-44)54-34-6-2-4-32-52-46-25-17-42(18-26-46)40-13-9-38(36-50)10-14-40/h7-30H,1-6,31-34H2. The van der Waals surface area contributed by atoms with Gasteiger partial charge in [-0.25, -0.2) is 0 Å². The van der Waals surface area contributed by atoms with Crippen molar-refractivity contribution in [1.82, 2.24) is 0 Å². The molecule has 6 heteroatoms. The third kappa shape index (κ3) is 11.2. The number of nitriles is 2. The highest BCUT2D eigenvalue weighted by molar-refractivity contribution is 5.66. The highest BCUT2D eigenvalue weighted by Crippen LogP contribution is 2.27. The van der Waals surface area contributed by atoms with Gasteiger partial charge < -0.3 is 18.9 Å². The zero-order chi connectivity index (χ0) is 37.2. The fourth-order valence-electron chi connectivity index (χ4n) is 5.97. The van der Waals surface area contributed by atoms with E-state index in [9.17, 15) is 0 Å². The molecule has 0 fully saturated rings. The molecule has 0 spiro atoms. The molecule has 0 saturated heterocycles. The lowest BCUT2D eigenvalue weighted by Gasteiger charge is -2.10. The van der Waals surface area contributed by atoms with Crippen LogP contribution in [0.15, 0.2) is 146 Å². The zero-order valence-corrected chi connectivity index (χ0v) is 30.5. The summed E-state index contributed by atoms with van der Waals surface area (Å²) in [5.41, 5.74) is 7.97. The van der Waals surface area contributed by atoms with Crippen molar-refractivity contribution in [2.24, 2.45) is 0 Å². The summed E-state index contributed by atoms with van der Waals surface area (Å²) in [7, 11) is 0. The van der Waals surface area contributed by atoms with Crippen molar-refractivity contribution >= 4 is 0 Å². The molecule has 0 atom stereocenters. The molecule has 0 heterocycles. The highest BCUT2D eigenvalue weighted by atomic mass is 16.5. The van der Waals surface area contributed by atoms with E-state index in [4.69, 9.17) is 29.5 Å². The molecule has 0 aromatic heterocycles. The first-order chi connectivity index (χ1) is 26.7. The Morgan fingerprint density at radius 2 is 0.481 bits per heavy atom. The predicted octanol–water partition coefficient (Wildman–Crippen LogP) is 11.7. The molecule has 6 rings (SSSR count). The monoisotopic (exact) mass is 712 g/mol. The fraction of sp³-hybridized carbons (Fsp3) is 0.208. The number of nitrogens with zero attached hydrogens (tertiary/aromatic N) is 2. The number of rotatable bonds is 19. The Balaban J connectivity index is 0.798.